The zero-order valence-electron chi connectivity index (χ0n) is 18.4. The van der Waals surface area contributed by atoms with Gasteiger partial charge in [-0.3, -0.25) is 9.69 Å². The number of pyridine rings is 1. The standard InChI is InChI=1S/C24H26N6O3/c31-23(14-19-2-4-22(26-15-19)30-17-25-16-27-30)29-10-8-28(9-11-29)7-5-18-1-3-21-20(13-18)6-12-33-24(21)32/h1-4,13,15-17H,5-12,14H2. The van der Waals surface area contributed by atoms with Crippen LogP contribution in [0.25, 0.3) is 5.82 Å². The molecule has 33 heavy (non-hydrogen) atoms. The van der Waals surface area contributed by atoms with Gasteiger partial charge in [-0.15, -0.1) is 0 Å². The first-order chi connectivity index (χ1) is 16.2. The van der Waals surface area contributed by atoms with Crippen LogP contribution in [0.3, 0.4) is 0 Å². The summed E-state index contributed by atoms with van der Waals surface area (Å²) in [7, 11) is 0. The number of carbonyl (C=O) groups excluding carboxylic acids is 2. The van der Waals surface area contributed by atoms with Crippen LogP contribution in [0.15, 0.2) is 49.2 Å². The van der Waals surface area contributed by atoms with Crippen molar-refractivity contribution in [2.75, 3.05) is 39.3 Å². The Hall–Kier alpha value is -3.59. The summed E-state index contributed by atoms with van der Waals surface area (Å²) in [6.45, 7) is 4.61. The van der Waals surface area contributed by atoms with Crippen molar-refractivity contribution in [2.45, 2.75) is 19.3 Å². The molecule has 0 N–H and O–H groups in total. The summed E-state index contributed by atoms with van der Waals surface area (Å²) < 4.78 is 6.68. The van der Waals surface area contributed by atoms with E-state index in [2.05, 4.69) is 26.0 Å². The van der Waals surface area contributed by atoms with Crippen LogP contribution in [0.4, 0.5) is 0 Å². The first-order valence-electron chi connectivity index (χ1n) is 11.2. The lowest BCUT2D eigenvalue weighted by Crippen LogP contribution is -2.49. The first-order valence-corrected chi connectivity index (χ1v) is 11.2. The Bertz CT molecular complexity index is 1120. The van der Waals surface area contributed by atoms with Crippen molar-refractivity contribution >= 4 is 11.9 Å². The molecule has 0 spiro atoms. The number of aromatic nitrogens is 4. The third kappa shape index (κ3) is 4.93. The number of piperazine rings is 1. The van der Waals surface area contributed by atoms with Crippen LogP contribution < -0.4 is 0 Å². The van der Waals surface area contributed by atoms with Gasteiger partial charge in [-0.1, -0.05) is 18.2 Å². The molecule has 0 aliphatic carbocycles. The van der Waals surface area contributed by atoms with Gasteiger partial charge in [0.1, 0.15) is 12.7 Å². The summed E-state index contributed by atoms with van der Waals surface area (Å²) in [5.74, 6) is 0.591. The van der Waals surface area contributed by atoms with Crippen molar-refractivity contribution in [2.24, 2.45) is 0 Å². The van der Waals surface area contributed by atoms with Crippen LogP contribution in [0.2, 0.25) is 0 Å². The fourth-order valence-corrected chi connectivity index (χ4v) is 4.32. The SMILES string of the molecule is O=C1OCCc2cc(CCN3CCN(C(=O)Cc4ccc(-n5cncn5)nc4)CC3)ccc21. The number of amides is 1. The molecule has 0 saturated carbocycles. The molecule has 1 amide bonds. The second-order valence-electron chi connectivity index (χ2n) is 8.39. The predicted molar refractivity (Wildman–Crippen MR) is 120 cm³/mol. The Morgan fingerprint density at radius 2 is 1.91 bits per heavy atom. The van der Waals surface area contributed by atoms with Crippen LogP contribution in [-0.2, 0) is 28.8 Å². The fraction of sp³-hybridized carbons (Fsp3) is 0.375. The number of cyclic esters (lactones) is 1. The summed E-state index contributed by atoms with van der Waals surface area (Å²) >= 11 is 0. The van der Waals surface area contributed by atoms with Gasteiger partial charge in [0, 0.05) is 45.3 Å². The number of benzene rings is 1. The molecule has 2 aromatic heterocycles. The van der Waals surface area contributed by atoms with E-state index in [-0.39, 0.29) is 11.9 Å². The molecule has 1 fully saturated rings. The van der Waals surface area contributed by atoms with Crippen molar-refractivity contribution in [3.8, 4) is 5.82 Å². The van der Waals surface area contributed by atoms with Gasteiger partial charge in [0.15, 0.2) is 5.82 Å². The van der Waals surface area contributed by atoms with Gasteiger partial charge in [0.05, 0.1) is 18.6 Å². The molecule has 9 heteroatoms. The molecule has 0 bridgehead atoms. The maximum Gasteiger partial charge on any atom is 0.338 e. The molecule has 170 valence electrons. The maximum absolute atomic E-state index is 12.7. The minimum absolute atomic E-state index is 0.131. The molecule has 0 radical (unpaired) electrons. The highest BCUT2D eigenvalue weighted by molar-refractivity contribution is 5.92. The van der Waals surface area contributed by atoms with Gasteiger partial charge in [-0.25, -0.2) is 19.4 Å². The average Bonchev–Trinajstić information content (AvgIpc) is 3.39. The number of carbonyl (C=O) groups is 2. The monoisotopic (exact) mass is 446 g/mol. The van der Waals surface area contributed by atoms with Crippen LogP contribution in [0, 0.1) is 0 Å². The number of rotatable bonds is 6. The number of fused-ring (bicyclic) bond motifs is 1. The van der Waals surface area contributed by atoms with E-state index in [0.717, 1.165) is 56.7 Å². The van der Waals surface area contributed by atoms with Crippen LogP contribution in [0.1, 0.15) is 27.0 Å². The Morgan fingerprint density at radius 3 is 2.67 bits per heavy atom. The van der Waals surface area contributed by atoms with Gasteiger partial charge < -0.3 is 9.64 Å². The lowest BCUT2D eigenvalue weighted by molar-refractivity contribution is -0.132. The predicted octanol–water partition coefficient (Wildman–Crippen LogP) is 1.30. The third-order valence-corrected chi connectivity index (χ3v) is 6.25. The average molecular weight is 447 g/mol. The maximum atomic E-state index is 12.7. The minimum atomic E-state index is -0.217. The normalized spacial score (nSPS) is 16.4. The highest BCUT2D eigenvalue weighted by atomic mass is 16.5. The number of esters is 1. The van der Waals surface area contributed by atoms with Crippen molar-refractivity contribution < 1.29 is 14.3 Å². The number of hydrogen-bond acceptors (Lipinski definition) is 7. The largest absolute Gasteiger partial charge is 0.462 e. The van der Waals surface area contributed by atoms with Gasteiger partial charge >= 0.3 is 5.97 Å². The number of hydrogen-bond donors (Lipinski definition) is 0. The smallest absolute Gasteiger partial charge is 0.338 e. The second-order valence-corrected chi connectivity index (χ2v) is 8.39. The van der Waals surface area contributed by atoms with Crippen LogP contribution in [0.5, 0.6) is 0 Å². The van der Waals surface area contributed by atoms with Crippen molar-refractivity contribution in [1.82, 2.24) is 29.5 Å². The molecule has 2 aliphatic rings. The van der Waals surface area contributed by atoms with E-state index in [4.69, 9.17) is 4.74 Å². The second kappa shape index (κ2) is 9.50. The molecule has 4 heterocycles. The van der Waals surface area contributed by atoms with Crippen LogP contribution >= 0.6 is 0 Å². The van der Waals surface area contributed by atoms with E-state index in [1.807, 2.05) is 29.2 Å². The summed E-state index contributed by atoms with van der Waals surface area (Å²) in [5.41, 5.74) is 3.91. The Balaban J connectivity index is 1.08. The minimum Gasteiger partial charge on any atom is -0.462 e. The molecule has 2 aliphatic heterocycles. The summed E-state index contributed by atoms with van der Waals surface area (Å²) in [6, 6.07) is 9.80. The van der Waals surface area contributed by atoms with Crippen molar-refractivity contribution in [1.29, 1.82) is 0 Å². The molecular formula is C24H26N6O3. The fourth-order valence-electron chi connectivity index (χ4n) is 4.32. The van der Waals surface area contributed by atoms with E-state index in [1.54, 1.807) is 17.2 Å². The molecular weight excluding hydrogens is 420 g/mol. The van der Waals surface area contributed by atoms with Crippen LogP contribution in [-0.4, -0.2) is 80.8 Å². The van der Waals surface area contributed by atoms with Gasteiger partial charge in [0.2, 0.25) is 5.91 Å². The molecule has 0 atom stereocenters. The van der Waals surface area contributed by atoms with E-state index < -0.39 is 0 Å². The summed E-state index contributed by atoms with van der Waals surface area (Å²) in [4.78, 5) is 37.2. The molecule has 5 rings (SSSR count). The van der Waals surface area contributed by atoms with Crippen molar-refractivity contribution in [3.05, 3.63) is 71.4 Å². The summed E-state index contributed by atoms with van der Waals surface area (Å²) in [6.07, 6.45) is 6.84. The number of ether oxygens (including phenoxy) is 1. The molecule has 9 nitrogen and oxygen atoms in total. The summed E-state index contributed by atoms with van der Waals surface area (Å²) in [5, 5.41) is 4.06. The van der Waals surface area contributed by atoms with E-state index >= 15 is 0 Å². The highest BCUT2D eigenvalue weighted by Crippen LogP contribution is 2.19. The lowest BCUT2D eigenvalue weighted by Gasteiger charge is -2.35. The molecule has 3 aromatic rings. The Kier molecular flexibility index (Phi) is 6.12. The first kappa shape index (κ1) is 21.3. The third-order valence-electron chi connectivity index (χ3n) is 6.25. The molecule has 0 unspecified atom stereocenters. The molecule has 1 aromatic carbocycles. The van der Waals surface area contributed by atoms with Gasteiger partial charge in [0.25, 0.3) is 0 Å². The van der Waals surface area contributed by atoms with E-state index in [9.17, 15) is 9.59 Å². The Morgan fingerprint density at radius 1 is 1.06 bits per heavy atom. The van der Waals surface area contributed by atoms with E-state index in [0.29, 0.717) is 24.4 Å². The number of nitrogens with zero attached hydrogens (tertiary/aromatic N) is 6. The lowest BCUT2D eigenvalue weighted by atomic mass is 9.98. The highest BCUT2D eigenvalue weighted by Gasteiger charge is 2.22. The van der Waals surface area contributed by atoms with E-state index in [1.165, 1.54) is 11.9 Å². The van der Waals surface area contributed by atoms with Gasteiger partial charge in [-0.05, 0) is 35.2 Å². The zero-order valence-corrected chi connectivity index (χ0v) is 18.4. The quantitative estimate of drug-likeness (QED) is 0.527. The van der Waals surface area contributed by atoms with Gasteiger partial charge in [-0.2, -0.15) is 5.10 Å². The van der Waals surface area contributed by atoms with Crippen molar-refractivity contribution in [3.63, 3.8) is 0 Å². The topological polar surface area (TPSA) is 93.5 Å². The Labute approximate surface area is 192 Å². The molecule has 1 saturated heterocycles. The zero-order chi connectivity index (χ0) is 22.6.